The lowest BCUT2D eigenvalue weighted by atomic mass is 10.0. The minimum Gasteiger partial charge on any atom is -0.352 e. The third-order valence-corrected chi connectivity index (χ3v) is 4.93. The summed E-state index contributed by atoms with van der Waals surface area (Å²) in [7, 11) is 0. The van der Waals surface area contributed by atoms with Gasteiger partial charge in [-0.3, -0.25) is 14.6 Å². The summed E-state index contributed by atoms with van der Waals surface area (Å²) >= 11 is 0. The number of amides is 1. The van der Waals surface area contributed by atoms with E-state index in [9.17, 15) is 9.59 Å². The van der Waals surface area contributed by atoms with E-state index in [-0.39, 0.29) is 11.5 Å². The maximum Gasteiger partial charge on any atom is 0.266 e. The van der Waals surface area contributed by atoms with E-state index in [1.165, 1.54) is 10.7 Å². The van der Waals surface area contributed by atoms with Crippen molar-refractivity contribution in [2.45, 2.75) is 13.0 Å². The first-order valence-electron chi connectivity index (χ1n) is 10.1. The van der Waals surface area contributed by atoms with Gasteiger partial charge in [0.2, 0.25) is 0 Å². The maximum absolute atomic E-state index is 12.4. The van der Waals surface area contributed by atoms with Gasteiger partial charge in [-0.05, 0) is 47.9 Å². The Balaban J connectivity index is 1.32. The Labute approximate surface area is 180 Å². The van der Waals surface area contributed by atoms with Gasteiger partial charge in [-0.2, -0.15) is 5.10 Å². The molecule has 0 bridgehead atoms. The molecule has 4 aromatic rings. The molecular weight excluding hydrogens is 388 g/mol. The average molecular weight is 410 g/mol. The van der Waals surface area contributed by atoms with Crippen molar-refractivity contribution in [3.63, 3.8) is 0 Å². The number of carbonyl (C=O) groups is 1. The summed E-state index contributed by atoms with van der Waals surface area (Å²) in [6.07, 6.45) is 3.98. The Morgan fingerprint density at radius 3 is 2.26 bits per heavy atom. The average Bonchev–Trinajstić information content (AvgIpc) is 2.84. The first kappa shape index (κ1) is 20.2. The van der Waals surface area contributed by atoms with Crippen LogP contribution in [-0.2, 0) is 6.54 Å². The van der Waals surface area contributed by atoms with E-state index < -0.39 is 0 Å². The SMILES string of the molecule is O=C(NCCCn1nc(-c2ccncc2)ccc1=O)c1ccc(-c2ccccc2)cc1. The van der Waals surface area contributed by atoms with Crippen molar-refractivity contribution in [1.29, 1.82) is 0 Å². The van der Waals surface area contributed by atoms with Crippen molar-refractivity contribution in [2.24, 2.45) is 0 Å². The van der Waals surface area contributed by atoms with Crippen molar-refractivity contribution in [3.8, 4) is 22.4 Å². The predicted molar refractivity (Wildman–Crippen MR) is 121 cm³/mol. The molecule has 0 radical (unpaired) electrons. The largest absolute Gasteiger partial charge is 0.352 e. The summed E-state index contributed by atoms with van der Waals surface area (Å²) in [6, 6.07) is 24.5. The fraction of sp³-hybridized carbons (Fsp3) is 0.120. The fourth-order valence-electron chi connectivity index (χ4n) is 3.26. The van der Waals surface area contributed by atoms with Crippen LogP contribution in [0.3, 0.4) is 0 Å². The summed E-state index contributed by atoms with van der Waals surface area (Å²) < 4.78 is 1.43. The van der Waals surface area contributed by atoms with Crippen LogP contribution in [-0.4, -0.2) is 27.2 Å². The van der Waals surface area contributed by atoms with Gasteiger partial charge in [0.05, 0.1) is 5.69 Å². The van der Waals surface area contributed by atoms with Crippen molar-refractivity contribution in [3.05, 3.63) is 107 Å². The highest BCUT2D eigenvalue weighted by molar-refractivity contribution is 5.94. The predicted octanol–water partition coefficient (Wildman–Crippen LogP) is 3.79. The molecule has 1 N–H and O–H groups in total. The van der Waals surface area contributed by atoms with E-state index in [0.29, 0.717) is 30.8 Å². The molecule has 0 saturated heterocycles. The molecule has 154 valence electrons. The number of carbonyl (C=O) groups excluding carboxylic acids is 1. The molecule has 0 atom stereocenters. The fourth-order valence-corrected chi connectivity index (χ4v) is 3.26. The second-order valence-corrected chi connectivity index (χ2v) is 7.07. The van der Waals surface area contributed by atoms with Crippen LogP contribution in [0.1, 0.15) is 16.8 Å². The molecule has 2 heterocycles. The van der Waals surface area contributed by atoms with Crippen molar-refractivity contribution >= 4 is 5.91 Å². The van der Waals surface area contributed by atoms with Gasteiger partial charge < -0.3 is 5.32 Å². The number of benzene rings is 2. The second-order valence-electron chi connectivity index (χ2n) is 7.07. The molecule has 6 heteroatoms. The van der Waals surface area contributed by atoms with Gasteiger partial charge in [-0.15, -0.1) is 0 Å². The van der Waals surface area contributed by atoms with Crippen LogP contribution in [0.15, 0.2) is 96.1 Å². The highest BCUT2D eigenvalue weighted by atomic mass is 16.1. The summed E-state index contributed by atoms with van der Waals surface area (Å²) in [4.78, 5) is 28.5. The van der Waals surface area contributed by atoms with Gasteiger partial charge >= 0.3 is 0 Å². The van der Waals surface area contributed by atoms with Crippen LogP contribution >= 0.6 is 0 Å². The molecule has 2 aromatic carbocycles. The molecule has 4 rings (SSSR count). The van der Waals surface area contributed by atoms with Crippen LogP contribution < -0.4 is 10.9 Å². The highest BCUT2D eigenvalue weighted by Crippen LogP contribution is 2.19. The second kappa shape index (κ2) is 9.63. The first-order valence-corrected chi connectivity index (χ1v) is 10.1. The summed E-state index contributed by atoms with van der Waals surface area (Å²) in [6.45, 7) is 0.873. The number of nitrogens with one attached hydrogen (secondary N) is 1. The molecule has 0 aliphatic rings. The third kappa shape index (κ3) is 5.11. The van der Waals surface area contributed by atoms with Gasteiger partial charge in [0.15, 0.2) is 0 Å². The van der Waals surface area contributed by atoms with Gasteiger partial charge in [0.1, 0.15) is 0 Å². The topological polar surface area (TPSA) is 76.9 Å². The van der Waals surface area contributed by atoms with Gasteiger partial charge in [0, 0.05) is 42.7 Å². The molecule has 2 aromatic heterocycles. The Morgan fingerprint density at radius 1 is 0.806 bits per heavy atom. The van der Waals surface area contributed by atoms with Gasteiger partial charge in [0.25, 0.3) is 11.5 Å². The minimum absolute atomic E-state index is 0.134. The monoisotopic (exact) mass is 410 g/mol. The number of nitrogens with zero attached hydrogens (tertiary/aromatic N) is 3. The Kier molecular flexibility index (Phi) is 6.28. The third-order valence-electron chi connectivity index (χ3n) is 4.93. The van der Waals surface area contributed by atoms with Crippen LogP contribution in [0.5, 0.6) is 0 Å². The molecule has 0 fully saturated rings. The molecule has 6 nitrogen and oxygen atoms in total. The van der Waals surface area contributed by atoms with Gasteiger partial charge in [-0.25, -0.2) is 4.68 Å². The highest BCUT2D eigenvalue weighted by Gasteiger charge is 2.07. The van der Waals surface area contributed by atoms with Crippen LogP contribution in [0.25, 0.3) is 22.4 Å². The van der Waals surface area contributed by atoms with Crippen molar-refractivity contribution in [1.82, 2.24) is 20.1 Å². The van der Waals surface area contributed by atoms with Crippen LogP contribution in [0.2, 0.25) is 0 Å². The van der Waals surface area contributed by atoms with E-state index in [1.807, 2.05) is 66.7 Å². The molecule has 1 amide bonds. The standard InChI is InChI=1S/C25H22N4O2/c30-24-12-11-23(21-13-16-26-17-14-21)28-29(24)18-4-15-27-25(31)22-9-7-20(8-10-22)19-5-2-1-3-6-19/h1-3,5-14,16-17H,4,15,18H2,(H,27,31). The van der Waals surface area contributed by atoms with Crippen LogP contribution in [0.4, 0.5) is 0 Å². The normalized spacial score (nSPS) is 10.6. The van der Waals surface area contributed by atoms with E-state index in [2.05, 4.69) is 15.4 Å². The molecule has 0 unspecified atom stereocenters. The molecule has 0 aliphatic heterocycles. The first-order chi connectivity index (χ1) is 15.2. The Hall–Kier alpha value is -4.06. The number of hydrogen-bond donors (Lipinski definition) is 1. The van der Waals surface area contributed by atoms with Gasteiger partial charge in [-0.1, -0.05) is 42.5 Å². The lowest BCUT2D eigenvalue weighted by Gasteiger charge is -2.09. The van der Waals surface area contributed by atoms with E-state index in [1.54, 1.807) is 18.5 Å². The lowest BCUT2D eigenvalue weighted by molar-refractivity contribution is 0.0952. The zero-order chi connectivity index (χ0) is 21.5. The molecule has 31 heavy (non-hydrogen) atoms. The smallest absolute Gasteiger partial charge is 0.266 e. The van der Waals surface area contributed by atoms with E-state index in [0.717, 1.165) is 16.7 Å². The zero-order valence-electron chi connectivity index (χ0n) is 16.9. The Bertz CT molecular complexity index is 1200. The van der Waals surface area contributed by atoms with Crippen molar-refractivity contribution < 1.29 is 4.79 Å². The minimum atomic E-state index is -0.166. The summed E-state index contributed by atoms with van der Waals surface area (Å²) in [5.74, 6) is -0.134. The maximum atomic E-state index is 12.4. The number of hydrogen-bond acceptors (Lipinski definition) is 4. The number of rotatable bonds is 7. The number of aromatic nitrogens is 3. The number of pyridine rings is 1. The number of aryl methyl sites for hydroxylation is 1. The van der Waals surface area contributed by atoms with Crippen LogP contribution in [0, 0.1) is 0 Å². The Morgan fingerprint density at radius 2 is 1.52 bits per heavy atom. The molecule has 0 aliphatic carbocycles. The zero-order valence-corrected chi connectivity index (χ0v) is 16.9. The van der Waals surface area contributed by atoms with E-state index >= 15 is 0 Å². The molecular formula is C25H22N4O2. The molecule has 0 saturated carbocycles. The summed E-state index contributed by atoms with van der Waals surface area (Å²) in [5.41, 5.74) is 4.23. The van der Waals surface area contributed by atoms with E-state index in [4.69, 9.17) is 0 Å². The quantitative estimate of drug-likeness (QED) is 0.470. The molecule has 0 spiro atoms. The summed E-state index contributed by atoms with van der Waals surface area (Å²) in [5, 5.41) is 7.32. The lowest BCUT2D eigenvalue weighted by Crippen LogP contribution is -2.28. The van der Waals surface area contributed by atoms with Crippen molar-refractivity contribution in [2.75, 3.05) is 6.54 Å².